The second kappa shape index (κ2) is 8.26. The largest absolute Gasteiger partial charge is 0.461 e. The van der Waals surface area contributed by atoms with Crippen molar-refractivity contribution in [2.24, 2.45) is 0 Å². The lowest BCUT2D eigenvalue weighted by atomic mass is 10.3. The Morgan fingerprint density at radius 3 is 2.88 bits per heavy atom. The summed E-state index contributed by atoms with van der Waals surface area (Å²) in [5.74, 6) is 0.270. The number of aromatic nitrogens is 3. The molecule has 0 radical (unpaired) electrons. The summed E-state index contributed by atoms with van der Waals surface area (Å²) in [5.41, 5.74) is 0. The molecule has 0 aliphatic heterocycles. The van der Waals surface area contributed by atoms with Gasteiger partial charge >= 0.3 is 5.97 Å². The van der Waals surface area contributed by atoms with Crippen LogP contribution >= 0.6 is 11.6 Å². The minimum Gasteiger partial charge on any atom is -0.461 e. The number of esters is 1. The number of amides is 1. The predicted molar refractivity (Wildman–Crippen MR) is 89.2 cm³/mol. The molecule has 0 saturated heterocycles. The third kappa shape index (κ3) is 4.90. The summed E-state index contributed by atoms with van der Waals surface area (Å²) >= 11 is 5.70. The van der Waals surface area contributed by atoms with E-state index in [-0.39, 0.29) is 18.7 Å². The molecule has 0 unspecified atom stereocenters. The number of nitrogens with zero attached hydrogens (tertiary/aromatic N) is 3. The van der Waals surface area contributed by atoms with Crippen LogP contribution in [0.3, 0.4) is 0 Å². The molecule has 1 N–H and O–H groups in total. The Labute approximate surface area is 152 Å². The van der Waals surface area contributed by atoms with Crippen LogP contribution in [0.25, 0.3) is 11.6 Å². The lowest BCUT2D eigenvalue weighted by molar-refractivity contribution is -0.147. The molecule has 0 bridgehead atoms. The first kappa shape index (κ1) is 17.6. The van der Waals surface area contributed by atoms with Gasteiger partial charge in [0.2, 0.25) is 11.7 Å². The van der Waals surface area contributed by atoms with Gasteiger partial charge in [-0.3, -0.25) is 9.59 Å². The van der Waals surface area contributed by atoms with Gasteiger partial charge < -0.3 is 19.0 Å². The fourth-order valence-electron chi connectivity index (χ4n) is 1.92. The molecule has 3 aromatic heterocycles. The summed E-state index contributed by atoms with van der Waals surface area (Å²) < 4.78 is 15.1. The maximum atomic E-state index is 11.7. The average molecular weight is 377 g/mol. The first-order valence-corrected chi connectivity index (χ1v) is 7.91. The van der Waals surface area contributed by atoms with Crippen molar-refractivity contribution in [3.8, 4) is 11.6 Å². The summed E-state index contributed by atoms with van der Waals surface area (Å²) in [6, 6.07) is 6.51. The van der Waals surface area contributed by atoms with E-state index in [4.69, 9.17) is 25.3 Å². The number of anilines is 1. The predicted octanol–water partition coefficient (Wildman–Crippen LogP) is 2.49. The molecule has 0 fully saturated rings. The van der Waals surface area contributed by atoms with Crippen LogP contribution in [-0.2, 0) is 20.7 Å². The van der Waals surface area contributed by atoms with Crippen LogP contribution in [-0.4, -0.2) is 33.6 Å². The van der Waals surface area contributed by atoms with Crippen LogP contribution in [0.2, 0.25) is 5.02 Å². The van der Waals surface area contributed by atoms with Crippen LogP contribution in [0.5, 0.6) is 0 Å². The van der Waals surface area contributed by atoms with E-state index in [0.717, 1.165) is 0 Å². The highest BCUT2D eigenvalue weighted by Crippen LogP contribution is 2.16. The Kier molecular flexibility index (Phi) is 5.59. The number of furan rings is 1. The van der Waals surface area contributed by atoms with Gasteiger partial charge in [0.25, 0.3) is 5.91 Å². The minimum absolute atomic E-state index is 0.00768. The van der Waals surface area contributed by atoms with Gasteiger partial charge in [-0.05, 0) is 24.3 Å². The van der Waals surface area contributed by atoms with Crippen molar-refractivity contribution in [2.45, 2.75) is 12.8 Å². The Morgan fingerprint density at radius 2 is 2.15 bits per heavy atom. The van der Waals surface area contributed by atoms with E-state index in [9.17, 15) is 9.59 Å². The van der Waals surface area contributed by atoms with E-state index in [1.807, 2.05) is 0 Å². The van der Waals surface area contributed by atoms with Gasteiger partial charge in [-0.2, -0.15) is 4.98 Å². The standard InChI is InChI=1S/C16H13ClN4O5/c17-10-3-4-12(18-8-10)19-13(22)9-25-15(23)6-5-14-20-16(21-26-14)11-2-1-7-24-11/h1-4,7-8H,5-6,9H2,(H,18,19,22). The van der Waals surface area contributed by atoms with Crippen molar-refractivity contribution in [3.05, 3.63) is 47.6 Å². The van der Waals surface area contributed by atoms with Crippen molar-refractivity contribution >= 4 is 29.3 Å². The fourth-order valence-corrected chi connectivity index (χ4v) is 2.03. The summed E-state index contributed by atoms with van der Waals surface area (Å²) in [6.45, 7) is -0.426. The number of aryl methyl sites for hydroxylation is 1. The summed E-state index contributed by atoms with van der Waals surface area (Å²) in [5, 5.41) is 6.68. The third-order valence-electron chi connectivity index (χ3n) is 3.11. The Morgan fingerprint density at radius 1 is 1.27 bits per heavy atom. The maximum absolute atomic E-state index is 11.7. The molecular formula is C16H13ClN4O5. The van der Waals surface area contributed by atoms with Crippen LogP contribution in [0.4, 0.5) is 5.82 Å². The molecule has 3 heterocycles. The van der Waals surface area contributed by atoms with Crippen LogP contribution in [0.15, 0.2) is 45.7 Å². The summed E-state index contributed by atoms with van der Waals surface area (Å²) in [4.78, 5) is 31.4. The van der Waals surface area contributed by atoms with Crippen molar-refractivity contribution in [1.82, 2.24) is 15.1 Å². The number of halogens is 1. The van der Waals surface area contributed by atoms with Gasteiger partial charge in [0.1, 0.15) is 5.82 Å². The molecule has 3 rings (SSSR count). The van der Waals surface area contributed by atoms with E-state index in [1.54, 1.807) is 18.2 Å². The number of ether oxygens (including phenoxy) is 1. The molecule has 3 aromatic rings. The minimum atomic E-state index is -0.568. The molecular weight excluding hydrogens is 364 g/mol. The normalized spacial score (nSPS) is 10.5. The van der Waals surface area contributed by atoms with Crippen LogP contribution in [0.1, 0.15) is 12.3 Å². The molecule has 0 aromatic carbocycles. The Bertz CT molecular complexity index is 876. The summed E-state index contributed by atoms with van der Waals surface area (Å²) in [6.07, 6.45) is 3.07. The van der Waals surface area contributed by atoms with Crippen LogP contribution in [0, 0.1) is 0 Å². The first-order chi connectivity index (χ1) is 12.6. The van der Waals surface area contributed by atoms with E-state index in [2.05, 4.69) is 20.4 Å². The second-order valence-electron chi connectivity index (χ2n) is 5.06. The van der Waals surface area contributed by atoms with Crippen LogP contribution < -0.4 is 5.32 Å². The van der Waals surface area contributed by atoms with Gasteiger partial charge in [-0.15, -0.1) is 0 Å². The monoisotopic (exact) mass is 376 g/mol. The Hall–Kier alpha value is -3.20. The van der Waals surface area contributed by atoms with Crippen molar-refractivity contribution in [1.29, 1.82) is 0 Å². The lowest BCUT2D eigenvalue weighted by Crippen LogP contribution is -2.21. The number of hydrogen-bond acceptors (Lipinski definition) is 8. The number of rotatable bonds is 7. The molecule has 0 saturated carbocycles. The molecule has 0 atom stereocenters. The van der Waals surface area contributed by atoms with E-state index in [0.29, 0.717) is 22.4 Å². The third-order valence-corrected chi connectivity index (χ3v) is 3.34. The first-order valence-electron chi connectivity index (χ1n) is 7.53. The van der Waals surface area contributed by atoms with Gasteiger partial charge in [0.05, 0.1) is 17.7 Å². The van der Waals surface area contributed by atoms with Gasteiger partial charge in [-0.25, -0.2) is 4.98 Å². The van der Waals surface area contributed by atoms with Crippen molar-refractivity contribution < 1.29 is 23.3 Å². The maximum Gasteiger partial charge on any atom is 0.306 e. The number of nitrogens with one attached hydrogen (secondary N) is 1. The van der Waals surface area contributed by atoms with Gasteiger partial charge in [0.15, 0.2) is 12.4 Å². The average Bonchev–Trinajstić information content (AvgIpc) is 3.31. The highest BCUT2D eigenvalue weighted by atomic mass is 35.5. The molecule has 9 nitrogen and oxygen atoms in total. The summed E-state index contributed by atoms with van der Waals surface area (Å²) in [7, 11) is 0. The molecule has 0 aliphatic carbocycles. The quantitative estimate of drug-likeness (QED) is 0.624. The lowest BCUT2D eigenvalue weighted by Gasteiger charge is -2.05. The molecule has 0 aliphatic rings. The number of hydrogen-bond donors (Lipinski definition) is 1. The van der Waals surface area contributed by atoms with E-state index in [1.165, 1.54) is 18.5 Å². The topological polar surface area (TPSA) is 120 Å². The Balaban J connectivity index is 1.40. The fraction of sp³-hybridized carbons (Fsp3) is 0.188. The zero-order valence-electron chi connectivity index (χ0n) is 13.3. The van der Waals surface area contributed by atoms with E-state index >= 15 is 0 Å². The van der Waals surface area contributed by atoms with Gasteiger partial charge in [0, 0.05) is 12.6 Å². The zero-order chi connectivity index (χ0) is 18.4. The smallest absolute Gasteiger partial charge is 0.306 e. The SMILES string of the molecule is O=C(COC(=O)CCc1nc(-c2ccco2)no1)Nc1ccc(Cl)cn1. The van der Waals surface area contributed by atoms with Gasteiger partial charge in [-0.1, -0.05) is 16.8 Å². The van der Waals surface area contributed by atoms with E-state index < -0.39 is 18.5 Å². The second-order valence-corrected chi connectivity index (χ2v) is 5.50. The molecule has 26 heavy (non-hydrogen) atoms. The zero-order valence-corrected chi connectivity index (χ0v) is 14.1. The number of carbonyl (C=O) groups excluding carboxylic acids is 2. The molecule has 134 valence electrons. The number of carbonyl (C=O) groups is 2. The van der Waals surface area contributed by atoms with Crippen molar-refractivity contribution in [3.63, 3.8) is 0 Å². The highest BCUT2D eigenvalue weighted by molar-refractivity contribution is 6.30. The molecule has 1 amide bonds. The van der Waals surface area contributed by atoms with Crippen molar-refractivity contribution in [2.75, 3.05) is 11.9 Å². The highest BCUT2D eigenvalue weighted by Gasteiger charge is 2.14. The number of pyridine rings is 1. The molecule has 10 heteroatoms. The molecule has 0 spiro atoms.